The highest BCUT2D eigenvalue weighted by atomic mass is 15.4. The van der Waals surface area contributed by atoms with Crippen molar-refractivity contribution in [2.45, 2.75) is 26.3 Å². The summed E-state index contributed by atoms with van der Waals surface area (Å²) in [5.41, 5.74) is 4.07. The van der Waals surface area contributed by atoms with Crippen molar-refractivity contribution in [1.29, 1.82) is 0 Å². The Kier molecular flexibility index (Phi) is 2.39. The second kappa shape index (κ2) is 3.91. The minimum Gasteiger partial charge on any atom is -0.370 e. The predicted octanol–water partition coefficient (Wildman–Crippen LogP) is 2.90. The van der Waals surface area contributed by atoms with Crippen LogP contribution in [0.5, 0.6) is 0 Å². The summed E-state index contributed by atoms with van der Waals surface area (Å²) in [5.74, 6) is 1.13. The fourth-order valence-electron chi connectivity index (χ4n) is 2.65. The molecule has 88 valence electrons. The highest BCUT2D eigenvalue weighted by molar-refractivity contribution is 5.41. The largest absolute Gasteiger partial charge is 0.370 e. The molecule has 0 saturated carbocycles. The third-order valence-corrected chi connectivity index (χ3v) is 3.47. The van der Waals surface area contributed by atoms with Crippen LogP contribution in [0.15, 0.2) is 30.5 Å². The molecule has 3 heteroatoms. The van der Waals surface area contributed by atoms with E-state index in [1.807, 2.05) is 12.3 Å². The summed E-state index contributed by atoms with van der Waals surface area (Å²) in [6.45, 7) is 5.34. The second-order valence-corrected chi connectivity index (χ2v) is 4.75. The maximum Gasteiger partial charge on any atom is 0.124 e. The number of hydrogen-bond acceptors (Lipinski definition) is 2. The lowest BCUT2D eigenvalue weighted by atomic mass is 9.96. The molecule has 0 aliphatic carbocycles. The van der Waals surface area contributed by atoms with Crippen molar-refractivity contribution < 1.29 is 0 Å². The number of nitrogens with zero attached hydrogens (tertiary/aromatic N) is 2. The van der Waals surface area contributed by atoms with Crippen LogP contribution in [-0.2, 0) is 0 Å². The van der Waals surface area contributed by atoms with E-state index in [9.17, 15) is 0 Å². The van der Waals surface area contributed by atoms with E-state index in [0.717, 1.165) is 18.8 Å². The Morgan fingerprint density at radius 2 is 2.18 bits per heavy atom. The molecular weight excluding hydrogens is 210 g/mol. The normalized spacial score (nSPS) is 18.6. The van der Waals surface area contributed by atoms with Crippen LogP contribution in [0.1, 0.15) is 29.2 Å². The van der Waals surface area contributed by atoms with Gasteiger partial charge >= 0.3 is 0 Å². The van der Waals surface area contributed by atoms with Crippen molar-refractivity contribution in [3.63, 3.8) is 0 Å². The van der Waals surface area contributed by atoms with Crippen LogP contribution in [0.25, 0.3) is 0 Å². The second-order valence-electron chi connectivity index (χ2n) is 4.75. The molecule has 1 aromatic carbocycles. The molecule has 1 aliphatic heterocycles. The zero-order chi connectivity index (χ0) is 11.8. The molecule has 0 saturated heterocycles. The number of rotatable bonds is 1. The van der Waals surface area contributed by atoms with Crippen LogP contribution in [0.2, 0.25) is 0 Å². The van der Waals surface area contributed by atoms with Gasteiger partial charge in [-0.25, -0.2) is 4.68 Å². The monoisotopic (exact) mass is 227 g/mol. The molecule has 0 bridgehead atoms. The van der Waals surface area contributed by atoms with E-state index in [0.29, 0.717) is 6.04 Å². The number of anilines is 1. The van der Waals surface area contributed by atoms with Crippen LogP contribution < -0.4 is 5.32 Å². The number of aryl methyl sites for hydroxylation is 2. The lowest BCUT2D eigenvalue weighted by molar-refractivity contribution is 0.480. The Morgan fingerprint density at radius 3 is 3.00 bits per heavy atom. The summed E-state index contributed by atoms with van der Waals surface area (Å²) >= 11 is 0. The lowest BCUT2D eigenvalue weighted by Gasteiger charge is -2.27. The molecule has 0 spiro atoms. The molecule has 1 N–H and O–H groups in total. The molecule has 17 heavy (non-hydrogen) atoms. The minimum atomic E-state index is 0.377. The molecule has 3 rings (SSSR count). The van der Waals surface area contributed by atoms with Crippen molar-refractivity contribution in [3.8, 4) is 0 Å². The fraction of sp³-hybridized carbons (Fsp3) is 0.357. The van der Waals surface area contributed by atoms with Crippen molar-refractivity contribution >= 4 is 5.82 Å². The van der Waals surface area contributed by atoms with E-state index in [1.54, 1.807) is 0 Å². The highest BCUT2D eigenvalue weighted by Crippen LogP contribution is 2.30. The summed E-state index contributed by atoms with van der Waals surface area (Å²) in [4.78, 5) is 0. The van der Waals surface area contributed by atoms with Gasteiger partial charge in [-0.2, -0.15) is 5.10 Å². The molecular formula is C14H17N3. The van der Waals surface area contributed by atoms with Gasteiger partial charge < -0.3 is 5.32 Å². The van der Waals surface area contributed by atoms with Gasteiger partial charge in [-0.1, -0.05) is 23.8 Å². The molecule has 1 aliphatic rings. The minimum absolute atomic E-state index is 0.377. The number of benzene rings is 1. The molecule has 2 heterocycles. The van der Waals surface area contributed by atoms with Gasteiger partial charge in [0.05, 0.1) is 12.2 Å². The van der Waals surface area contributed by atoms with Crippen molar-refractivity contribution in [3.05, 3.63) is 47.2 Å². The van der Waals surface area contributed by atoms with Gasteiger partial charge in [-0.3, -0.25) is 0 Å². The molecule has 1 aromatic heterocycles. The molecule has 0 amide bonds. The van der Waals surface area contributed by atoms with Gasteiger partial charge in [0.1, 0.15) is 5.82 Å². The zero-order valence-corrected chi connectivity index (χ0v) is 10.3. The summed E-state index contributed by atoms with van der Waals surface area (Å²) in [6.07, 6.45) is 2.96. The summed E-state index contributed by atoms with van der Waals surface area (Å²) in [6, 6.07) is 9.09. The standard InChI is InChI=1S/C14H17N3/c1-10-3-4-12(11(2)9-10)13-5-7-15-14-6-8-16-17(13)14/h3-4,6,8-9,13,15H,5,7H2,1-2H3. The van der Waals surface area contributed by atoms with Gasteiger partial charge in [0.15, 0.2) is 0 Å². The van der Waals surface area contributed by atoms with Gasteiger partial charge in [-0.05, 0) is 31.4 Å². The van der Waals surface area contributed by atoms with Crippen LogP contribution in [0, 0.1) is 13.8 Å². The van der Waals surface area contributed by atoms with Crippen molar-refractivity contribution in [1.82, 2.24) is 9.78 Å². The fourth-order valence-corrected chi connectivity index (χ4v) is 2.65. The Bertz CT molecular complexity index is 542. The number of fused-ring (bicyclic) bond motifs is 1. The molecule has 0 fully saturated rings. The van der Waals surface area contributed by atoms with Crippen LogP contribution in [0.4, 0.5) is 5.82 Å². The Morgan fingerprint density at radius 1 is 1.29 bits per heavy atom. The quantitative estimate of drug-likeness (QED) is 0.811. The van der Waals surface area contributed by atoms with Crippen LogP contribution in [-0.4, -0.2) is 16.3 Å². The van der Waals surface area contributed by atoms with Gasteiger partial charge in [0, 0.05) is 12.6 Å². The average Bonchev–Trinajstić information content (AvgIpc) is 2.77. The first-order chi connectivity index (χ1) is 8.25. The first-order valence-electron chi connectivity index (χ1n) is 6.10. The number of nitrogens with one attached hydrogen (secondary N) is 1. The van der Waals surface area contributed by atoms with Gasteiger partial charge in [0.2, 0.25) is 0 Å². The molecule has 1 unspecified atom stereocenters. The van der Waals surface area contributed by atoms with Gasteiger partial charge in [0.25, 0.3) is 0 Å². The first-order valence-corrected chi connectivity index (χ1v) is 6.10. The number of hydrogen-bond donors (Lipinski definition) is 1. The van der Waals surface area contributed by atoms with Crippen LogP contribution >= 0.6 is 0 Å². The summed E-state index contributed by atoms with van der Waals surface area (Å²) in [5, 5.41) is 7.81. The van der Waals surface area contributed by atoms with E-state index in [1.165, 1.54) is 16.7 Å². The molecule has 0 radical (unpaired) electrons. The Labute approximate surface area is 101 Å². The SMILES string of the molecule is Cc1ccc(C2CCNc3ccnn32)c(C)c1. The molecule has 2 aromatic rings. The number of aromatic nitrogens is 2. The summed E-state index contributed by atoms with van der Waals surface area (Å²) < 4.78 is 2.10. The summed E-state index contributed by atoms with van der Waals surface area (Å²) in [7, 11) is 0. The first kappa shape index (κ1) is 10.4. The van der Waals surface area contributed by atoms with Crippen molar-refractivity contribution in [2.24, 2.45) is 0 Å². The zero-order valence-electron chi connectivity index (χ0n) is 10.3. The van der Waals surface area contributed by atoms with Crippen LogP contribution in [0.3, 0.4) is 0 Å². The average molecular weight is 227 g/mol. The third-order valence-electron chi connectivity index (χ3n) is 3.47. The van der Waals surface area contributed by atoms with E-state index >= 15 is 0 Å². The topological polar surface area (TPSA) is 29.9 Å². The molecule has 1 atom stereocenters. The van der Waals surface area contributed by atoms with E-state index in [4.69, 9.17) is 0 Å². The Hall–Kier alpha value is -1.77. The lowest BCUT2D eigenvalue weighted by Crippen LogP contribution is -2.24. The smallest absolute Gasteiger partial charge is 0.124 e. The van der Waals surface area contributed by atoms with E-state index in [2.05, 4.69) is 47.1 Å². The van der Waals surface area contributed by atoms with E-state index < -0.39 is 0 Å². The highest BCUT2D eigenvalue weighted by Gasteiger charge is 2.22. The Balaban J connectivity index is 2.06. The third kappa shape index (κ3) is 1.71. The maximum atomic E-state index is 4.43. The van der Waals surface area contributed by atoms with E-state index in [-0.39, 0.29) is 0 Å². The van der Waals surface area contributed by atoms with Gasteiger partial charge in [-0.15, -0.1) is 0 Å². The predicted molar refractivity (Wildman–Crippen MR) is 69.4 cm³/mol. The molecule has 3 nitrogen and oxygen atoms in total. The van der Waals surface area contributed by atoms with Crippen molar-refractivity contribution in [2.75, 3.05) is 11.9 Å². The maximum absolute atomic E-state index is 4.43.